The van der Waals surface area contributed by atoms with E-state index in [0.717, 1.165) is 12.8 Å². The predicted octanol–water partition coefficient (Wildman–Crippen LogP) is 2.67. The monoisotopic (exact) mass is 250 g/mol. The van der Waals surface area contributed by atoms with E-state index in [4.69, 9.17) is 5.73 Å². The van der Waals surface area contributed by atoms with Crippen molar-refractivity contribution in [2.24, 2.45) is 11.7 Å². The van der Waals surface area contributed by atoms with E-state index < -0.39 is 11.4 Å². The van der Waals surface area contributed by atoms with Crippen LogP contribution in [0.2, 0.25) is 0 Å². The van der Waals surface area contributed by atoms with Gasteiger partial charge in [-0.2, -0.15) is 0 Å². The van der Waals surface area contributed by atoms with E-state index >= 15 is 0 Å². The highest BCUT2D eigenvalue weighted by atomic mass is 19.1. The van der Waals surface area contributed by atoms with Crippen molar-refractivity contribution in [3.63, 3.8) is 0 Å². The number of primary amides is 1. The van der Waals surface area contributed by atoms with Crippen molar-refractivity contribution < 1.29 is 9.18 Å². The number of benzene rings is 1. The number of carbonyl (C=O) groups excluding carboxylic acids is 1. The van der Waals surface area contributed by atoms with E-state index in [-0.39, 0.29) is 5.82 Å². The third-order valence-corrected chi connectivity index (χ3v) is 3.75. The standard InChI is InChI=1S/C14H19FN2O/c1-14(13(16)18,9-10-5-4-6-10)17-12-8-3-2-7-11(12)15/h2-3,7-8,10,17H,4-6,9H2,1H3,(H2,16,18). The van der Waals surface area contributed by atoms with Gasteiger partial charge >= 0.3 is 0 Å². The fourth-order valence-corrected chi connectivity index (χ4v) is 2.35. The summed E-state index contributed by atoms with van der Waals surface area (Å²) in [6.45, 7) is 1.75. The molecule has 1 aromatic carbocycles. The van der Waals surface area contributed by atoms with E-state index in [9.17, 15) is 9.18 Å². The number of para-hydroxylation sites is 1. The number of nitrogens with one attached hydrogen (secondary N) is 1. The topological polar surface area (TPSA) is 55.1 Å². The van der Waals surface area contributed by atoms with Crippen molar-refractivity contribution in [1.29, 1.82) is 0 Å². The van der Waals surface area contributed by atoms with E-state index in [1.54, 1.807) is 25.1 Å². The summed E-state index contributed by atoms with van der Waals surface area (Å²) in [5.74, 6) is -0.280. The molecular weight excluding hydrogens is 231 g/mol. The lowest BCUT2D eigenvalue weighted by atomic mass is 9.76. The van der Waals surface area contributed by atoms with Crippen molar-refractivity contribution in [1.82, 2.24) is 0 Å². The third-order valence-electron chi connectivity index (χ3n) is 3.75. The number of halogens is 1. The molecule has 2 rings (SSSR count). The van der Waals surface area contributed by atoms with Crippen molar-refractivity contribution in [3.05, 3.63) is 30.1 Å². The van der Waals surface area contributed by atoms with Gasteiger partial charge in [0, 0.05) is 0 Å². The number of nitrogens with two attached hydrogens (primary N) is 1. The van der Waals surface area contributed by atoms with E-state index in [0.29, 0.717) is 18.0 Å². The summed E-state index contributed by atoms with van der Waals surface area (Å²) in [4.78, 5) is 11.6. The van der Waals surface area contributed by atoms with E-state index in [1.165, 1.54) is 12.5 Å². The summed E-state index contributed by atoms with van der Waals surface area (Å²) in [5.41, 5.74) is 4.92. The van der Waals surface area contributed by atoms with Crippen LogP contribution >= 0.6 is 0 Å². The Balaban J connectivity index is 2.14. The highest BCUT2D eigenvalue weighted by molar-refractivity contribution is 5.87. The molecule has 0 aliphatic heterocycles. The van der Waals surface area contributed by atoms with Crippen molar-refractivity contribution in [2.45, 2.75) is 38.1 Å². The molecule has 4 heteroatoms. The van der Waals surface area contributed by atoms with Gasteiger partial charge < -0.3 is 11.1 Å². The summed E-state index contributed by atoms with van der Waals surface area (Å²) < 4.78 is 13.6. The molecule has 0 aromatic heterocycles. The van der Waals surface area contributed by atoms with Crippen molar-refractivity contribution in [3.8, 4) is 0 Å². The molecule has 1 amide bonds. The normalized spacial score (nSPS) is 18.8. The Morgan fingerprint density at radius 1 is 1.50 bits per heavy atom. The molecule has 1 unspecified atom stereocenters. The fourth-order valence-electron chi connectivity index (χ4n) is 2.35. The quantitative estimate of drug-likeness (QED) is 0.844. The molecule has 98 valence electrons. The smallest absolute Gasteiger partial charge is 0.242 e. The van der Waals surface area contributed by atoms with Crippen LogP contribution in [0.5, 0.6) is 0 Å². The Kier molecular flexibility index (Phi) is 3.55. The lowest BCUT2D eigenvalue weighted by molar-refractivity contribution is -0.122. The van der Waals surface area contributed by atoms with Gasteiger partial charge in [-0.05, 0) is 31.4 Å². The molecule has 18 heavy (non-hydrogen) atoms. The van der Waals surface area contributed by atoms with Gasteiger partial charge in [-0.3, -0.25) is 4.79 Å². The maximum atomic E-state index is 13.6. The Labute approximate surface area is 107 Å². The van der Waals surface area contributed by atoms with Crippen LogP contribution in [-0.4, -0.2) is 11.4 Å². The largest absolute Gasteiger partial charge is 0.369 e. The molecule has 0 radical (unpaired) electrons. The molecule has 0 spiro atoms. The number of hydrogen-bond donors (Lipinski definition) is 2. The second kappa shape index (κ2) is 4.96. The van der Waals surface area contributed by atoms with Gasteiger partial charge in [0.15, 0.2) is 0 Å². The van der Waals surface area contributed by atoms with Crippen LogP contribution < -0.4 is 11.1 Å². The molecule has 1 atom stereocenters. The zero-order valence-corrected chi connectivity index (χ0v) is 10.6. The first-order valence-corrected chi connectivity index (χ1v) is 6.34. The maximum absolute atomic E-state index is 13.6. The zero-order chi connectivity index (χ0) is 13.2. The number of anilines is 1. The Morgan fingerprint density at radius 2 is 2.17 bits per heavy atom. The minimum Gasteiger partial charge on any atom is -0.369 e. The summed E-state index contributed by atoms with van der Waals surface area (Å²) >= 11 is 0. The van der Waals surface area contributed by atoms with Gasteiger partial charge in [-0.15, -0.1) is 0 Å². The Morgan fingerprint density at radius 3 is 2.67 bits per heavy atom. The van der Waals surface area contributed by atoms with Gasteiger partial charge in [0.1, 0.15) is 11.4 Å². The first-order valence-electron chi connectivity index (χ1n) is 6.34. The molecule has 1 aliphatic carbocycles. The van der Waals surface area contributed by atoms with Crippen LogP contribution in [0.15, 0.2) is 24.3 Å². The fraction of sp³-hybridized carbons (Fsp3) is 0.500. The first-order chi connectivity index (χ1) is 8.51. The third kappa shape index (κ3) is 2.63. The highest BCUT2D eigenvalue weighted by Crippen LogP contribution is 2.35. The molecule has 1 aromatic rings. The SMILES string of the molecule is CC(CC1CCC1)(Nc1ccccc1F)C(N)=O. The lowest BCUT2D eigenvalue weighted by Crippen LogP contribution is -2.50. The maximum Gasteiger partial charge on any atom is 0.242 e. The molecule has 3 N–H and O–H groups in total. The second-order valence-electron chi connectivity index (χ2n) is 5.30. The second-order valence-corrected chi connectivity index (χ2v) is 5.30. The van der Waals surface area contributed by atoms with Crippen LogP contribution in [0.3, 0.4) is 0 Å². The molecule has 0 heterocycles. The average Bonchev–Trinajstić information content (AvgIpc) is 2.27. The van der Waals surface area contributed by atoms with Gasteiger partial charge in [0.2, 0.25) is 5.91 Å². The lowest BCUT2D eigenvalue weighted by Gasteiger charge is -2.36. The van der Waals surface area contributed by atoms with E-state index in [1.807, 2.05) is 0 Å². The molecule has 0 saturated heterocycles. The van der Waals surface area contributed by atoms with Crippen molar-refractivity contribution in [2.75, 3.05) is 5.32 Å². The minimum absolute atomic E-state index is 0.332. The van der Waals surface area contributed by atoms with Crippen LogP contribution in [0, 0.1) is 11.7 Å². The van der Waals surface area contributed by atoms with Crippen LogP contribution in [0.4, 0.5) is 10.1 Å². The van der Waals surface area contributed by atoms with Gasteiger partial charge in [0.05, 0.1) is 5.69 Å². The zero-order valence-electron chi connectivity index (χ0n) is 10.6. The van der Waals surface area contributed by atoms with Crippen LogP contribution in [0.1, 0.15) is 32.6 Å². The number of amides is 1. The molecule has 0 bridgehead atoms. The van der Waals surface area contributed by atoms with E-state index in [2.05, 4.69) is 5.32 Å². The summed E-state index contributed by atoms with van der Waals surface area (Å²) in [6, 6.07) is 6.34. The summed E-state index contributed by atoms with van der Waals surface area (Å²) in [6.07, 6.45) is 4.12. The van der Waals surface area contributed by atoms with Gasteiger partial charge in [-0.1, -0.05) is 31.4 Å². The van der Waals surface area contributed by atoms with Crippen LogP contribution in [-0.2, 0) is 4.79 Å². The van der Waals surface area contributed by atoms with Gasteiger partial charge in [0.25, 0.3) is 0 Å². The molecule has 3 nitrogen and oxygen atoms in total. The first kappa shape index (κ1) is 12.9. The highest BCUT2D eigenvalue weighted by Gasteiger charge is 2.36. The Hall–Kier alpha value is -1.58. The van der Waals surface area contributed by atoms with Crippen LogP contribution in [0.25, 0.3) is 0 Å². The van der Waals surface area contributed by atoms with Crippen molar-refractivity contribution >= 4 is 11.6 Å². The molecular formula is C14H19FN2O. The average molecular weight is 250 g/mol. The summed E-state index contributed by atoms with van der Waals surface area (Å²) in [7, 11) is 0. The molecule has 1 aliphatic rings. The number of hydrogen-bond acceptors (Lipinski definition) is 2. The summed E-state index contributed by atoms with van der Waals surface area (Å²) in [5, 5.41) is 2.97. The number of rotatable bonds is 5. The minimum atomic E-state index is -0.882. The predicted molar refractivity (Wildman–Crippen MR) is 69.6 cm³/mol. The Bertz CT molecular complexity index is 445. The van der Waals surface area contributed by atoms with Gasteiger partial charge in [-0.25, -0.2) is 4.39 Å². The molecule has 1 fully saturated rings. The number of carbonyl (C=O) groups is 1. The molecule has 1 saturated carbocycles.